The molecule has 84 valence electrons. The Morgan fingerprint density at radius 3 is 2.81 bits per heavy atom. The van der Waals surface area contributed by atoms with Crippen LogP contribution >= 0.6 is 0 Å². The number of rotatable bonds is 3. The molecule has 0 saturated carbocycles. The molecule has 3 nitrogen and oxygen atoms in total. The topological polar surface area (TPSA) is 32.7 Å². The molecule has 16 heavy (non-hydrogen) atoms. The highest BCUT2D eigenvalue weighted by molar-refractivity contribution is 5.18. The first kappa shape index (κ1) is 11.2. The Morgan fingerprint density at radius 2 is 2.19 bits per heavy atom. The Kier molecular flexibility index (Phi) is 3.58. The molecule has 1 heterocycles. The molecular formula is C13H15NO2. The van der Waals surface area contributed by atoms with Crippen molar-refractivity contribution in [3.63, 3.8) is 0 Å². The summed E-state index contributed by atoms with van der Waals surface area (Å²) in [6.45, 7) is 1.25. The minimum atomic E-state index is -0.140. The van der Waals surface area contributed by atoms with Gasteiger partial charge in [-0.05, 0) is 5.56 Å². The number of hydrogen-bond donors (Lipinski definition) is 1. The van der Waals surface area contributed by atoms with E-state index in [1.807, 2.05) is 30.3 Å². The molecule has 1 aliphatic heterocycles. The average molecular weight is 217 g/mol. The lowest BCUT2D eigenvalue weighted by atomic mass is 10.2. The van der Waals surface area contributed by atoms with Gasteiger partial charge in [-0.2, -0.15) is 0 Å². The van der Waals surface area contributed by atoms with Gasteiger partial charge in [-0.1, -0.05) is 36.3 Å². The number of aliphatic hydroxyl groups excluding tert-OH is 1. The summed E-state index contributed by atoms with van der Waals surface area (Å²) in [6.07, 6.45) is 5.06. The molecule has 0 amide bonds. The lowest BCUT2D eigenvalue weighted by molar-refractivity contribution is -0.0166. The number of aliphatic hydroxyl groups is 1. The van der Waals surface area contributed by atoms with Gasteiger partial charge in [0.25, 0.3) is 0 Å². The fourth-order valence-corrected chi connectivity index (χ4v) is 1.94. The van der Waals surface area contributed by atoms with Crippen LogP contribution in [0.2, 0.25) is 0 Å². The first-order valence-corrected chi connectivity index (χ1v) is 5.34. The normalized spacial score (nSPS) is 25.5. The van der Waals surface area contributed by atoms with Crippen LogP contribution in [0.25, 0.3) is 0 Å². The van der Waals surface area contributed by atoms with E-state index in [-0.39, 0.29) is 18.9 Å². The summed E-state index contributed by atoms with van der Waals surface area (Å²) in [5.74, 6) is 2.62. The summed E-state index contributed by atoms with van der Waals surface area (Å²) < 4.78 is 5.74. The van der Waals surface area contributed by atoms with Gasteiger partial charge >= 0.3 is 0 Å². The third kappa shape index (κ3) is 2.25. The van der Waals surface area contributed by atoms with Crippen molar-refractivity contribution >= 4 is 0 Å². The summed E-state index contributed by atoms with van der Waals surface area (Å²) >= 11 is 0. The molecule has 0 aliphatic carbocycles. The van der Waals surface area contributed by atoms with Gasteiger partial charge in [-0.15, -0.1) is 6.42 Å². The molecule has 0 radical (unpaired) electrons. The monoisotopic (exact) mass is 217 g/mol. The molecule has 1 fully saturated rings. The van der Waals surface area contributed by atoms with E-state index in [9.17, 15) is 0 Å². The second kappa shape index (κ2) is 5.13. The number of nitrogens with zero attached hydrogens (tertiary/aromatic N) is 1. The molecule has 3 heteroatoms. The van der Waals surface area contributed by atoms with Crippen LogP contribution in [0.3, 0.4) is 0 Å². The van der Waals surface area contributed by atoms with E-state index in [0.29, 0.717) is 13.1 Å². The van der Waals surface area contributed by atoms with Crippen LogP contribution in [-0.4, -0.2) is 35.8 Å². The Balaban J connectivity index is 2.16. The van der Waals surface area contributed by atoms with Crippen LogP contribution in [0.1, 0.15) is 11.8 Å². The largest absolute Gasteiger partial charge is 0.394 e. The predicted molar refractivity (Wildman–Crippen MR) is 61.5 cm³/mol. The maximum Gasteiger partial charge on any atom is 0.138 e. The van der Waals surface area contributed by atoms with Crippen LogP contribution in [0.5, 0.6) is 0 Å². The number of terminal acetylenes is 1. The van der Waals surface area contributed by atoms with Crippen LogP contribution in [0, 0.1) is 12.3 Å². The van der Waals surface area contributed by atoms with Crippen molar-refractivity contribution in [2.75, 3.05) is 19.7 Å². The van der Waals surface area contributed by atoms with E-state index < -0.39 is 0 Å². The third-order valence-electron chi connectivity index (χ3n) is 2.67. The number of ether oxygens (including phenoxy) is 1. The Labute approximate surface area is 95.6 Å². The molecule has 0 aromatic heterocycles. The van der Waals surface area contributed by atoms with Crippen molar-refractivity contribution in [2.45, 2.75) is 12.3 Å². The first-order valence-electron chi connectivity index (χ1n) is 5.34. The maximum atomic E-state index is 9.11. The standard InChI is InChI=1S/C13H15NO2/c1-2-8-14-9-12(10-15)16-13(14)11-6-4-3-5-7-11/h1,3-7,12-13,15H,8-10H2/t12-,13-/m1/s1. The average Bonchev–Trinajstić information content (AvgIpc) is 2.74. The van der Waals surface area contributed by atoms with Crippen molar-refractivity contribution in [3.05, 3.63) is 35.9 Å². The Hall–Kier alpha value is -1.34. The van der Waals surface area contributed by atoms with Gasteiger partial charge in [0.2, 0.25) is 0 Å². The van der Waals surface area contributed by atoms with Gasteiger partial charge in [0, 0.05) is 6.54 Å². The minimum absolute atomic E-state index is 0.0321. The van der Waals surface area contributed by atoms with Crippen molar-refractivity contribution in [1.82, 2.24) is 4.90 Å². The Morgan fingerprint density at radius 1 is 1.44 bits per heavy atom. The van der Waals surface area contributed by atoms with E-state index in [1.54, 1.807) is 0 Å². The van der Waals surface area contributed by atoms with Crippen molar-refractivity contribution in [3.8, 4) is 12.3 Å². The SMILES string of the molecule is C#CCN1C[C@H](CO)O[C@@H]1c1ccccc1. The van der Waals surface area contributed by atoms with Gasteiger partial charge in [0.15, 0.2) is 0 Å². The van der Waals surface area contributed by atoms with Crippen molar-refractivity contribution < 1.29 is 9.84 Å². The summed E-state index contributed by atoms with van der Waals surface area (Å²) in [5, 5.41) is 9.11. The van der Waals surface area contributed by atoms with Gasteiger partial charge in [0.1, 0.15) is 6.23 Å². The highest BCUT2D eigenvalue weighted by atomic mass is 16.5. The van der Waals surface area contributed by atoms with E-state index in [1.165, 1.54) is 0 Å². The van der Waals surface area contributed by atoms with Crippen molar-refractivity contribution in [2.24, 2.45) is 0 Å². The van der Waals surface area contributed by atoms with Gasteiger partial charge < -0.3 is 9.84 Å². The molecule has 0 spiro atoms. The zero-order chi connectivity index (χ0) is 11.4. The van der Waals surface area contributed by atoms with E-state index in [4.69, 9.17) is 16.3 Å². The second-order valence-electron chi connectivity index (χ2n) is 3.84. The molecule has 1 saturated heterocycles. The quantitative estimate of drug-likeness (QED) is 0.767. The smallest absolute Gasteiger partial charge is 0.138 e. The van der Waals surface area contributed by atoms with Crippen LogP contribution in [-0.2, 0) is 4.74 Å². The molecular weight excluding hydrogens is 202 g/mol. The molecule has 0 bridgehead atoms. The number of benzene rings is 1. The van der Waals surface area contributed by atoms with E-state index >= 15 is 0 Å². The number of hydrogen-bond acceptors (Lipinski definition) is 3. The third-order valence-corrected chi connectivity index (χ3v) is 2.67. The van der Waals surface area contributed by atoms with Crippen LogP contribution in [0.15, 0.2) is 30.3 Å². The van der Waals surface area contributed by atoms with Crippen LogP contribution in [0.4, 0.5) is 0 Å². The minimum Gasteiger partial charge on any atom is -0.394 e. The second-order valence-corrected chi connectivity index (χ2v) is 3.84. The van der Waals surface area contributed by atoms with E-state index in [2.05, 4.69) is 10.8 Å². The van der Waals surface area contributed by atoms with Gasteiger partial charge in [-0.3, -0.25) is 4.90 Å². The van der Waals surface area contributed by atoms with E-state index in [0.717, 1.165) is 5.56 Å². The van der Waals surface area contributed by atoms with Crippen molar-refractivity contribution in [1.29, 1.82) is 0 Å². The summed E-state index contributed by atoms with van der Waals surface area (Å²) in [4.78, 5) is 2.05. The van der Waals surface area contributed by atoms with Gasteiger partial charge in [-0.25, -0.2) is 0 Å². The maximum absolute atomic E-state index is 9.11. The van der Waals surface area contributed by atoms with Gasteiger partial charge in [0.05, 0.1) is 19.3 Å². The highest BCUT2D eigenvalue weighted by Crippen LogP contribution is 2.29. The molecule has 2 rings (SSSR count). The molecule has 2 atom stereocenters. The first-order chi connectivity index (χ1) is 7.85. The predicted octanol–water partition coefficient (Wildman–Crippen LogP) is 1.01. The lowest BCUT2D eigenvalue weighted by Crippen LogP contribution is -2.25. The summed E-state index contributed by atoms with van der Waals surface area (Å²) in [7, 11) is 0. The lowest BCUT2D eigenvalue weighted by Gasteiger charge is -2.20. The summed E-state index contributed by atoms with van der Waals surface area (Å²) in [5.41, 5.74) is 1.08. The molecule has 1 N–H and O–H groups in total. The van der Waals surface area contributed by atoms with Crippen LogP contribution < -0.4 is 0 Å². The molecule has 0 unspecified atom stereocenters. The Bertz CT molecular complexity index is 371. The highest BCUT2D eigenvalue weighted by Gasteiger charge is 2.32. The summed E-state index contributed by atoms with van der Waals surface area (Å²) in [6, 6.07) is 9.92. The molecule has 1 aromatic carbocycles. The zero-order valence-corrected chi connectivity index (χ0v) is 9.04. The fourth-order valence-electron chi connectivity index (χ4n) is 1.94. The molecule has 1 aliphatic rings. The molecule has 1 aromatic rings. The zero-order valence-electron chi connectivity index (χ0n) is 9.04. The fraction of sp³-hybridized carbons (Fsp3) is 0.385.